The summed E-state index contributed by atoms with van der Waals surface area (Å²) in [5.74, 6) is 0.482. The lowest BCUT2D eigenvalue weighted by atomic mass is 10.00. The van der Waals surface area contributed by atoms with E-state index in [4.69, 9.17) is 5.73 Å². The highest BCUT2D eigenvalue weighted by Crippen LogP contribution is 2.39. The molecule has 2 aliphatic rings. The Balaban J connectivity index is 2.10. The number of fused-ring (bicyclic) bond motifs is 1. The molecule has 6 heteroatoms. The van der Waals surface area contributed by atoms with E-state index >= 15 is 0 Å². The molecule has 1 saturated carbocycles. The maximum atomic E-state index is 12.3. The molecule has 1 saturated heterocycles. The number of nitrogens with two attached hydrogens (primary N) is 1. The Morgan fingerprint density at radius 2 is 2.12 bits per heavy atom. The summed E-state index contributed by atoms with van der Waals surface area (Å²) in [6.45, 7) is 3.07. The van der Waals surface area contributed by atoms with Crippen molar-refractivity contribution in [3.05, 3.63) is 0 Å². The Bertz CT molecular complexity index is 367. The summed E-state index contributed by atoms with van der Waals surface area (Å²) < 4.78 is 26.1. The third kappa shape index (κ3) is 2.23. The van der Waals surface area contributed by atoms with Crippen LogP contribution in [0.15, 0.2) is 0 Å². The van der Waals surface area contributed by atoms with Crippen LogP contribution in [0.3, 0.4) is 0 Å². The van der Waals surface area contributed by atoms with Crippen LogP contribution >= 0.6 is 0 Å². The highest BCUT2D eigenvalue weighted by Gasteiger charge is 2.46. The first-order chi connectivity index (χ1) is 8.00. The summed E-state index contributed by atoms with van der Waals surface area (Å²) in [7, 11) is -3.27. The second-order valence-electron chi connectivity index (χ2n) is 5.20. The SMILES string of the molecule is CCC(CN)S(=O)(=O)N1CC2CCC(O)C2C1. The van der Waals surface area contributed by atoms with Crippen molar-refractivity contribution in [3.8, 4) is 0 Å². The van der Waals surface area contributed by atoms with E-state index in [1.165, 1.54) is 0 Å². The molecule has 1 aliphatic heterocycles. The minimum absolute atomic E-state index is 0.139. The van der Waals surface area contributed by atoms with Crippen LogP contribution < -0.4 is 5.73 Å². The van der Waals surface area contributed by atoms with Gasteiger partial charge >= 0.3 is 0 Å². The Kier molecular flexibility index (Phi) is 3.77. The summed E-state index contributed by atoms with van der Waals surface area (Å²) in [6.07, 6.45) is 1.99. The number of hydrogen-bond acceptors (Lipinski definition) is 4. The molecule has 1 heterocycles. The smallest absolute Gasteiger partial charge is 0.218 e. The molecule has 3 N–H and O–H groups in total. The summed E-state index contributed by atoms with van der Waals surface area (Å²) in [5, 5.41) is 9.32. The summed E-state index contributed by atoms with van der Waals surface area (Å²) >= 11 is 0. The van der Waals surface area contributed by atoms with Crippen molar-refractivity contribution in [3.63, 3.8) is 0 Å². The number of aliphatic hydroxyl groups is 1. The first-order valence-electron chi connectivity index (χ1n) is 6.37. The van der Waals surface area contributed by atoms with Crippen LogP contribution in [0.4, 0.5) is 0 Å². The summed E-state index contributed by atoms with van der Waals surface area (Å²) in [4.78, 5) is 0. The third-order valence-corrected chi connectivity index (χ3v) is 6.67. The van der Waals surface area contributed by atoms with Gasteiger partial charge in [-0.1, -0.05) is 6.92 Å². The highest BCUT2D eigenvalue weighted by molar-refractivity contribution is 7.89. The maximum absolute atomic E-state index is 12.3. The van der Waals surface area contributed by atoms with Gasteiger partial charge in [0.05, 0.1) is 11.4 Å². The molecule has 0 aromatic rings. The van der Waals surface area contributed by atoms with Crippen LogP contribution in [-0.2, 0) is 10.0 Å². The molecule has 0 amide bonds. The lowest BCUT2D eigenvalue weighted by Crippen LogP contribution is -2.41. The van der Waals surface area contributed by atoms with Crippen molar-refractivity contribution < 1.29 is 13.5 Å². The largest absolute Gasteiger partial charge is 0.393 e. The summed E-state index contributed by atoms with van der Waals surface area (Å²) in [5.41, 5.74) is 5.52. The van der Waals surface area contributed by atoms with Crippen molar-refractivity contribution in [1.82, 2.24) is 4.31 Å². The Morgan fingerprint density at radius 1 is 1.41 bits per heavy atom. The van der Waals surface area contributed by atoms with E-state index in [2.05, 4.69) is 0 Å². The zero-order chi connectivity index (χ0) is 12.6. The van der Waals surface area contributed by atoms with Crippen molar-refractivity contribution >= 4 is 10.0 Å². The molecular formula is C11H22N2O3S. The van der Waals surface area contributed by atoms with E-state index in [1.54, 1.807) is 4.31 Å². The molecule has 100 valence electrons. The molecule has 0 spiro atoms. The zero-order valence-electron chi connectivity index (χ0n) is 10.2. The number of aliphatic hydroxyl groups excluding tert-OH is 1. The molecule has 2 rings (SSSR count). The Morgan fingerprint density at radius 3 is 2.65 bits per heavy atom. The molecule has 5 nitrogen and oxygen atoms in total. The minimum Gasteiger partial charge on any atom is -0.393 e. The van der Waals surface area contributed by atoms with Gasteiger partial charge in [0, 0.05) is 25.6 Å². The van der Waals surface area contributed by atoms with Gasteiger partial charge in [0.15, 0.2) is 0 Å². The second kappa shape index (κ2) is 4.84. The van der Waals surface area contributed by atoms with E-state index < -0.39 is 15.3 Å². The van der Waals surface area contributed by atoms with Crippen LogP contribution in [0.25, 0.3) is 0 Å². The van der Waals surface area contributed by atoms with Crippen LogP contribution in [0, 0.1) is 11.8 Å². The number of hydrogen-bond donors (Lipinski definition) is 2. The minimum atomic E-state index is -3.27. The Hall–Kier alpha value is -0.170. The van der Waals surface area contributed by atoms with Gasteiger partial charge in [-0.2, -0.15) is 0 Å². The van der Waals surface area contributed by atoms with Gasteiger partial charge in [-0.3, -0.25) is 0 Å². The maximum Gasteiger partial charge on any atom is 0.218 e. The van der Waals surface area contributed by atoms with E-state index in [0.29, 0.717) is 25.4 Å². The van der Waals surface area contributed by atoms with Crippen LogP contribution in [-0.4, -0.2) is 48.8 Å². The Labute approximate surface area is 103 Å². The molecule has 4 unspecified atom stereocenters. The molecule has 0 radical (unpaired) electrons. The van der Waals surface area contributed by atoms with Gasteiger partial charge in [-0.15, -0.1) is 0 Å². The van der Waals surface area contributed by atoms with Crippen molar-refractivity contribution in [1.29, 1.82) is 0 Å². The van der Waals surface area contributed by atoms with E-state index in [9.17, 15) is 13.5 Å². The molecule has 0 aromatic heterocycles. The topological polar surface area (TPSA) is 83.6 Å². The number of nitrogens with zero attached hydrogens (tertiary/aromatic N) is 1. The van der Waals surface area contributed by atoms with E-state index in [0.717, 1.165) is 12.8 Å². The molecule has 17 heavy (non-hydrogen) atoms. The fourth-order valence-electron chi connectivity index (χ4n) is 3.11. The van der Waals surface area contributed by atoms with Gasteiger partial charge in [0.2, 0.25) is 10.0 Å². The standard InChI is InChI=1S/C11H22N2O3S/c1-2-9(5-12)17(15,16)13-6-8-3-4-11(14)10(8)7-13/h8-11,14H,2-7,12H2,1H3. The first kappa shape index (κ1) is 13.3. The molecular weight excluding hydrogens is 240 g/mol. The fraction of sp³-hybridized carbons (Fsp3) is 1.00. The van der Waals surface area contributed by atoms with Crippen LogP contribution in [0.2, 0.25) is 0 Å². The van der Waals surface area contributed by atoms with Gasteiger partial charge < -0.3 is 10.8 Å². The normalized spacial score (nSPS) is 36.1. The quantitative estimate of drug-likeness (QED) is 0.732. The highest BCUT2D eigenvalue weighted by atomic mass is 32.2. The fourth-order valence-corrected chi connectivity index (χ4v) is 4.98. The molecule has 1 aliphatic carbocycles. The lowest BCUT2D eigenvalue weighted by molar-refractivity contribution is 0.129. The first-order valence-corrected chi connectivity index (χ1v) is 7.88. The van der Waals surface area contributed by atoms with Crippen LogP contribution in [0.5, 0.6) is 0 Å². The molecule has 4 atom stereocenters. The summed E-state index contributed by atoms with van der Waals surface area (Å²) in [6, 6.07) is 0. The van der Waals surface area contributed by atoms with Gasteiger partial charge in [0.1, 0.15) is 0 Å². The molecule has 0 aromatic carbocycles. The monoisotopic (exact) mass is 262 g/mol. The average Bonchev–Trinajstić information content (AvgIpc) is 2.83. The van der Waals surface area contributed by atoms with E-state index in [-0.39, 0.29) is 18.6 Å². The van der Waals surface area contributed by atoms with Crippen molar-refractivity contribution in [2.75, 3.05) is 19.6 Å². The second-order valence-corrected chi connectivity index (χ2v) is 7.41. The van der Waals surface area contributed by atoms with Crippen LogP contribution in [0.1, 0.15) is 26.2 Å². The van der Waals surface area contributed by atoms with E-state index in [1.807, 2.05) is 6.92 Å². The number of sulfonamides is 1. The third-order valence-electron chi connectivity index (χ3n) is 4.28. The van der Waals surface area contributed by atoms with Gasteiger partial charge in [0.25, 0.3) is 0 Å². The van der Waals surface area contributed by atoms with Crippen molar-refractivity contribution in [2.45, 2.75) is 37.5 Å². The van der Waals surface area contributed by atoms with Gasteiger partial charge in [-0.05, 0) is 25.2 Å². The molecule has 0 bridgehead atoms. The van der Waals surface area contributed by atoms with Gasteiger partial charge in [-0.25, -0.2) is 12.7 Å². The predicted molar refractivity (Wildman–Crippen MR) is 65.8 cm³/mol. The van der Waals surface area contributed by atoms with Crippen molar-refractivity contribution in [2.24, 2.45) is 17.6 Å². The zero-order valence-corrected chi connectivity index (χ0v) is 11.1. The predicted octanol–water partition coefficient (Wildman–Crippen LogP) is -0.244. The average molecular weight is 262 g/mol. The molecule has 2 fully saturated rings. The lowest BCUT2D eigenvalue weighted by Gasteiger charge is -2.23. The number of rotatable bonds is 4.